The second-order valence-corrected chi connectivity index (χ2v) is 11.1. The van der Waals surface area contributed by atoms with Crippen LogP contribution in [0.25, 0.3) is 27.6 Å². The van der Waals surface area contributed by atoms with Crippen LogP contribution in [-0.2, 0) is 18.4 Å². The van der Waals surface area contributed by atoms with Crippen LogP contribution >= 0.6 is 0 Å². The monoisotopic (exact) mass is 606 g/mol. The summed E-state index contributed by atoms with van der Waals surface area (Å²) in [6, 6.07) is 18.1. The number of fused-ring (bicyclic) bond motifs is 1. The lowest BCUT2D eigenvalue weighted by atomic mass is 9.99. The minimum Gasteiger partial charge on any atom is -0.392 e. The first-order valence-electron chi connectivity index (χ1n) is 14.6. The number of aliphatic hydroxyl groups is 1. The van der Waals surface area contributed by atoms with Crippen LogP contribution in [-0.4, -0.2) is 70.4 Å². The first-order valence-corrected chi connectivity index (χ1v) is 14.6. The van der Waals surface area contributed by atoms with E-state index >= 15 is 0 Å². The van der Waals surface area contributed by atoms with Gasteiger partial charge in [-0.05, 0) is 59.5 Å². The van der Waals surface area contributed by atoms with Gasteiger partial charge in [-0.3, -0.25) is 19.0 Å². The highest BCUT2D eigenvalue weighted by molar-refractivity contribution is 5.94. The Labute approximate surface area is 259 Å². The number of aromatic nitrogens is 3. The van der Waals surface area contributed by atoms with Crippen molar-refractivity contribution >= 4 is 33.9 Å². The molecular formula is C34H34N6O5. The van der Waals surface area contributed by atoms with E-state index in [1.54, 1.807) is 48.6 Å². The molecule has 4 heterocycles. The molecule has 0 saturated carbocycles. The van der Waals surface area contributed by atoms with Crippen LogP contribution in [0.2, 0.25) is 0 Å². The SMILES string of the molecule is CN(C)c1ccc2c(=O)n(-c3cccc(-c4cc(Nc5ccc(C(=O)N6CCOCC6)cn5)c(=O)n(C)c4)c3CO)ccc2c1. The van der Waals surface area contributed by atoms with Gasteiger partial charge in [0.15, 0.2) is 0 Å². The van der Waals surface area contributed by atoms with Crippen LogP contribution in [0, 0.1) is 0 Å². The minimum absolute atomic E-state index is 0.115. The molecule has 1 aliphatic heterocycles. The maximum Gasteiger partial charge on any atom is 0.274 e. The van der Waals surface area contributed by atoms with Crippen LogP contribution in [0.1, 0.15) is 15.9 Å². The lowest BCUT2D eigenvalue weighted by Gasteiger charge is -2.26. The molecule has 2 aromatic carbocycles. The van der Waals surface area contributed by atoms with E-state index in [9.17, 15) is 19.5 Å². The molecule has 0 radical (unpaired) electrons. The zero-order chi connectivity index (χ0) is 31.7. The van der Waals surface area contributed by atoms with Crippen LogP contribution in [0.15, 0.2) is 88.8 Å². The molecule has 0 spiro atoms. The van der Waals surface area contributed by atoms with Crippen molar-refractivity contribution in [3.05, 3.63) is 111 Å². The summed E-state index contributed by atoms with van der Waals surface area (Å²) in [5, 5.41) is 15.0. The molecule has 11 nitrogen and oxygen atoms in total. The number of hydrogen-bond donors (Lipinski definition) is 2. The Balaban J connectivity index is 1.34. The number of ether oxygens (including phenoxy) is 1. The number of rotatable bonds is 7. The molecule has 0 bridgehead atoms. The van der Waals surface area contributed by atoms with Crippen LogP contribution < -0.4 is 21.3 Å². The maximum absolute atomic E-state index is 13.6. The number of amides is 1. The number of carbonyl (C=O) groups is 1. The molecule has 1 saturated heterocycles. The number of benzene rings is 2. The fraction of sp³-hybridized carbons (Fsp3) is 0.235. The van der Waals surface area contributed by atoms with Gasteiger partial charge in [-0.15, -0.1) is 0 Å². The van der Waals surface area contributed by atoms with Gasteiger partial charge in [0.1, 0.15) is 11.5 Å². The van der Waals surface area contributed by atoms with Gasteiger partial charge in [0.05, 0.1) is 31.1 Å². The van der Waals surface area contributed by atoms with E-state index < -0.39 is 0 Å². The van der Waals surface area contributed by atoms with Crippen molar-refractivity contribution in [1.82, 2.24) is 19.0 Å². The summed E-state index contributed by atoms with van der Waals surface area (Å²) in [5.74, 6) is 0.287. The topological polar surface area (TPSA) is 122 Å². The summed E-state index contributed by atoms with van der Waals surface area (Å²) in [6.45, 7) is 1.76. The van der Waals surface area contributed by atoms with Crippen molar-refractivity contribution in [2.45, 2.75) is 6.61 Å². The van der Waals surface area contributed by atoms with Crippen molar-refractivity contribution in [1.29, 1.82) is 0 Å². The van der Waals surface area contributed by atoms with Gasteiger partial charge in [0.2, 0.25) is 0 Å². The van der Waals surface area contributed by atoms with Crippen molar-refractivity contribution in [3.8, 4) is 16.8 Å². The highest BCUT2D eigenvalue weighted by Crippen LogP contribution is 2.30. The third-order valence-electron chi connectivity index (χ3n) is 8.04. The predicted octanol–water partition coefficient (Wildman–Crippen LogP) is 3.53. The minimum atomic E-state index is -0.332. The third-order valence-corrected chi connectivity index (χ3v) is 8.04. The fourth-order valence-corrected chi connectivity index (χ4v) is 5.57. The largest absolute Gasteiger partial charge is 0.392 e. The molecule has 11 heteroatoms. The zero-order valence-corrected chi connectivity index (χ0v) is 25.4. The number of nitrogens with one attached hydrogen (secondary N) is 1. The Morgan fingerprint density at radius 1 is 1.02 bits per heavy atom. The van der Waals surface area contributed by atoms with E-state index in [1.807, 2.05) is 55.4 Å². The molecule has 1 amide bonds. The Hall–Kier alpha value is -5.26. The summed E-state index contributed by atoms with van der Waals surface area (Å²) in [6.07, 6.45) is 4.90. The Morgan fingerprint density at radius 3 is 2.53 bits per heavy atom. The van der Waals surface area contributed by atoms with Gasteiger partial charge in [-0.25, -0.2) is 4.98 Å². The summed E-state index contributed by atoms with van der Waals surface area (Å²) >= 11 is 0. The molecule has 0 aliphatic carbocycles. The normalized spacial score (nSPS) is 13.2. The highest BCUT2D eigenvalue weighted by Gasteiger charge is 2.19. The molecular weight excluding hydrogens is 572 g/mol. The van der Waals surface area contributed by atoms with Crippen molar-refractivity contribution < 1.29 is 14.6 Å². The molecule has 2 N–H and O–H groups in total. The number of hydrogen-bond acceptors (Lipinski definition) is 8. The molecule has 5 aromatic rings. The zero-order valence-electron chi connectivity index (χ0n) is 25.4. The number of aliphatic hydroxyl groups excluding tert-OH is 1. The lowest BCUT2D eigenvalue weighted by molar-refractivity contribution is 0.0302. The molecule has 45 heavy (non-hydrogen) atoms. The number of anilines is 3. The molecule has 230 valence electrons. The van der Waals surface area contributed by atoms with Gasteiger partial charge in [0, 0.05) is 75.0 Å². The average molecular weight is 607 g/mol. The quantitative estimate of drug-likeness (QED) is 0.289. The number of morpholine rings is 1. The van der Waals surface area contributed by atoms with Gasteiger partial charge in [-0.2, -0.15) is 0 Å². The molecule has 3 aromatic heterocycles. The second kappa shape index (κ2) is 12.4. The summed E-state index contributed by atoms with van der Waals surface area (Å²) in [4.78, 5) is 47.6. The van der Waals surface area contributed by atoms with E-state index in [1.165, 1.54) is 15.3 Å². The van der Waals surface area contributed by atoms with Gasteiger partial charge in [0.25, 0.3) is 17.0 Å². The Kier molecular flexibility index (Phi) is 8.20. The van der Waals surface area contributed by atoms with Crippen molar-refractivity contribution in [2.75, 3.05) is 50.6 Å². The standard InChI is InChI=1S/C34H34N6O5/c1-37(2)25-8-9-27-22(17-25)11-12-40(33(27)43)30-6-4-5-26(28(30)21-41)24-18-29(34(44)38(3)20-24)36-31-10-7-23(19-35-31)32(42)39-13-15-45-16-14-39/h4-12,17-20,41H,13-16,21H2,1-3H3,(H,35,36). The van der Waals surface area contributed by atoms with E-state index in [0.717, 1.165) is 11.1 Å². The van der Waals surface area contributed by atoms with E-state index in [0.29, 0.717) is 65.4 Å². The van der Waals surface area contributed by atoms with Crippen molar-refractivity contribution in [3.63, 3.8) is 0 Å². The van der Waals surface area contributed by atoms with Crippen LogP contribution in [0.4, 0.5) is 17.2 Å². The Morgan fingerprint density at radius 2 is 1.82 bits per heavy atom. The van der Waals surface area contributed by atoms with Crippen molar-refractivity contribution in [2.24, 2.45) is 7.05 Å². The van der Waals surface area contributed by atoms with Gasteiger partial charge in [-0.1, -0.05) is 12.1 Å². The summed E-state index contributed by atoms with van der Waals surface area (Å²) < 4.78 is 8.32. The first-order chi connectivity index (χ1) is 21.7. The second-order valence-electron chi connectivity index (χ2n) is 11.1. The average Bonchev–Trinajstić information content (AvgIpc) is 3.06. The molecule has 1 aliphatic rings. The van der Waals surface area contributed by atoms with Gasteiger partial charge < -0.3 is 29.5 Å². The Bertz CT molecular complexity index is 2010. The predicted molar refractivity (Wildman–Crippen MR) is 175 cm³/mol. The van der Waals surface area contributed by atoms with E-state index in [-0.39, 0.29) is 29.3 Å². The molecule has 1 fully saturated rings. The number of pyridine rings is 3. The number of aryl methyl sites for hydroxylation is 1. The summed E-state index contributed by atoms with van der Waals surface area (Å²) in [7, 11) is 5.54. The summed E-state index contributed by atoms with van der Waals surface area (Å²) in [5.41, 5.74) is 3.65. The van der Waals surface area contributed by atoms with Gasteiger partial charge >= 0.3 is 0 Å². The van der Waals surface area contributed by atoms with Crippen LogP contribution in [0.3, 0.4) is 0 Å². The fourth-order valence-electron chi connectivity index (χ4n) is 5.57. The number of carbonyl (C=O) groups excluding carboxylic acids is 1. The number of nitrogens with zero attached hydrogens (tertiary/aromatic N) is 5. The smallest absolute Gasteiger partial charge is 0.274 e. The molecule has 0 atom stereocenters. The first kappa shape index (κ1) is 29.8. The third kappa shape index (κ3) is 5.83. The van der Waals surface area contributed by atoms with E-state index in [4.69, 9.17) is 4.74 Å². The maximum atomic E-state index is 13.6. The lowest BCUT2D eigenvalue weighted by Crippen LogP contribution is -2.40. The highest BCUT2D eigenvalue weighted by atomic mass is 16.5. The van der Waals surface area contributed by atoms with E-state index in [2.05, 4.69) is 10.3 Å². The molecule has 0 unspecified atom stereocenters. The van der Waals surface area contributed by atoms with Crippen LogP contribution in [0.5, 0.6) is 0 Å². The molecule has 6 rings (SSSR count).